The first-order valence-corrected chi connectivity index (χ1v) is 9.07. The number of pyridine rings is 1. The summed E-state index contributed by atoms with van der Waals surface area (Å²) in [6.45, 7) is 2.27. The van der Waals surface area contributed by atoms with Crippen LogP contribution in [0.2, 0.25) is 0 Å². The summed E-state index contributed by atoms with van der Waals surface area (Å²) in [7, 11) is 1.79. The van der Waals surface area contributed by atoms with Crippen molar-refractivity contribution in [1.82, 2.24) is 14.5 Å². The summed E-state index contributed by atoms with van der Waals surface area (Å²) >= 11 is 0. The zero-order chi connectivity index (χ0) is 17.2. The fourth-order valence-electron chi connectivity index (χ4n) is 3.95. The monoisotopic (exact) mass is 340 g/mol. The van der Waals surface area contributed by atoms with Gasteiger partial charge in [-0.1, -0.05) is 12.8 Å². The van der Waals surface area contributed by atoms with E-state index in [0.717, 1.165) is 24.6 Å². The van der Waals surface area contributed by atoms with Gasteiger partial charge >= 0.3 is 0 Å². The van der Waals surface area contributed by atoms with Gasteiger partial charge in [-0.25, -0.2) is 4.98 Å². The Morgan fingerprint density at radius 1 is 1.20 bits per heavy atom. The summed E-state index contributed by atoms with van der Waals surface area (Å²) in [5.74, 6) is 1.37. The molecule has 0 bridgehead atoms. The topological polar surface area (TPSA) is 60.2 Å². The Labute approximate surface area is 147 Å². The highest BCUT2D eigenvalue weighted by molar-refractivity contribution is 5.59. The van der Waals surface area contributed by atoms with Crippen LogP contribution in [0.4, 0.5) is 5.95 Å². The highest BCUT2D eigenvalue weighted by Gasteiger charge is 2.31. The third kappa shape index (κ3) is 3.31. The van der Waals surface area contributed by atoms with Gasteiger partial charge in [0.1, 0.15) is 0 Å². The molecule has 1 atom stereocenters. The van der Waals surface area contributed by atoms with Crippen molar-refractivity contribution in [1.29, 1.82) is 0 Å². The zero-order valence-electron chi connectivity index (χ0n) is 14.6. The number of anilines is 1. The molecule has 132 valence electrons. The molecule has 6 nitrogen and oxygen atoms in total. The Balaban J connectivity index is 1.64. The van der Waals surface area contributed by atoms with Gasteiger partial charge in [-0.15, -0.1) is 0 Å². The molecular weight excluding hydrogens is 316 g/mol. The Hall–Kier alpha value is -2.21. The van der Waals surface area contributed by atoms with E-state index in [1.54, 1.807) is 30.1 Å². The van der Waals surface area contributed by atoms with Gasteiger partial charge in [0.05, 0.1) is 18.4 Å². The number of rotatable bonds is 3. The standard InChI is InChI=1S/C19H24N4O2/c1-22-18(24)12-16(14-6-8-20-9-7-14)21-19(22)23-10-11-25-17(13-23)15-4-2-3-5-15/h6-9,12,15,17H,2-5,10-11,13H2,1H3. The van der Waals surface area contributed by atoms with Crippen LogP contribution in [0.5, 0.6) is 0 Å². The fraction of sp³-hybridized carbons (Fsp3) is 0.526. The second-order valence-corrected chi connectivity index (χ2v) is 6.97. The molecule has 0 spiro atoms. The first kappa shape index (κ1) is 16.3. The van der Waals surface area contributed by atoms with Gasteiger partial charge in [0.15, 0.2) is 0 Å². The molecule has 0 N–H and O–H groups in total. The predicted octanol–water partition coefficient (Wildman–Crippen LogP) is 2.24. The molecule has 0 radical (unpaired) electrons. The van der Waals surface area contributed by atoms with Gasteiger partial charge in [0, 0.05) is 44.2 Å². The summed E-state index contributed by atoms with van der Waals surface area (Å²) in [6, 6.07) is 5.35. The molecule has 0 amide bonds. The second-order valence-electron chi connectivity index (χ2n) is 6.97. The number of morpholine rings is 1. The number of hydrogen-bond acceptors (Lipinski definition) is 5. The third-order valence-corrected chi connectivity index (χ3v) is 5.39. The highest BCUT2D eigenvalue weighted by atomic mass is 16.5. The minimum absolute atomic E-state index is 0.0410. The molecule has 1 aliphatic heterocycles. The maximum absolute atomic E-state index is 12.5. The molecule has 1 saturated carbocycles. The molecule has 3 heterocycles. The number of hydrogen-bond donors (Lipinski definition) is 0. The predicted molar refractivity (Wildman–Crippen MR) is 96.6 cm³/mol. The molecule has 6 heteroatoms. The van der Waals surface area contributed by atoms with Crippen molar-refractivity contribution in [2.75, 3.05) is 24.6 Å². The van der Waals surface area contributed by atoms with E-state index in [1.807, 2.05) is 12.1 Å². The van der Waals surface area contributed by atoms with Crippen molar-refractivity contribution in [3.8, 4) is 11.3 Å². The molecule has 1 aliphatic carbocycles. The zero-order valence-corrected chi connectivity index (χ0v) is 14.6. The van der Waals surface area contributed by atoms with E-state index >= 15 is 0 Å². The van der Waals surface area contributed by atoms with Gasteiger partial charge in [0.2, 0.25) is 5.95 Å². The molecule has 2 fully saturated rings. The molecule has 0 aromatic carbocycles. The lowest BCUT2D eigenvalue weighted by atomic mass is 9.99. The molecule has 25 heavy (non-hydrogen) atoms. The second kappa shape index (κ2) is 6.96. The van der Waals surface area contributed by atoms with Crippen molar-refractivity contribution in [2.24, 2.45) is 13.0 Å². The Kier molecular flexibility index (Phi) is 4.53. The summed E-state index contributed by atoms with van der Waals surface area (Å²) < 4.78 is 7.67. The lowest BCUT2D eigenvalue weighted by Gasteiger charge is -2.37. The molecule has 2 aromatic rings. The smallest absolute Gasteiger partial charge is 0.255 e. The lowest BCUT2D eigenvalue weighted by Crippen LogP contribution is -2.47. The molecule has 4 rings (SSSR count). The van der Waals surface area contributed by atoms with Crippen LogP contribution in [0.15, 0.2) is 35.4 Å². The van der Waals surface area contributed by atoms with E-state index in [2.05, 4.69) is 9.88 Å². The van der Waals surface area contributed by atoms with Crippen LogP contribution >= 0.6 is 0 Å². The average Bonchev–Trinajstić information content (AvgIpc) is 3.19. The highest BCUT2D eigenvalue weighted by Crippen LogP contribution is 2.31. The summed E-state index contributed by atoms with van der Waals surface area (Å²) in [6.07, 6.45) is 8.80. The van der Waals surface area contributed by atoms with Crippen LogP contribution in [0.1, 0.15) is 25.7 Å². The number of aromatic nitrogens is 3. The first-order chi connectivity index (χ1) is 12.2. The molecule has 2 aromatic heterocycles. The quantitative estimate of drug-likeness (QED) is 0.857. The summed E-state index contributed by atoms with van der Waals surface area (Å²) in [5.41, 5.74) is 1.57. The van der Waals surface area contributed by atoms with E-state index in [9.17, 15) is 4.79 Å². The van der Waals surface area contributed by atoms with E-state index in [1.165, 1.54) is 25.7 Å². The van der Waals surface area contributed by atoms with Gasteiger partial charge in [-0.2, -0.15) is 0 Å². The van der Waals surface area contributed by atoms with Crippen LogP contribution in [0, 0.1) is 5.92 Å². The normalized spacial score (nSPS) is 21.6. The van der Waals surface area contributed by atoms with Crippen LogP contribution < -0.4 is 10.5 Å². The first-order valence-electron chi connectivity index (χ1n) is 9.07. The Morgan fingerprint density at radius 3 is 2.72 bits per heavy atom. The average molecular weight is 340 g/mol. The summed E-state index contributed by atoms with van der Waals surface area (Å²) in [4.78, 5) is 23.5. The van der Waals surface area contributed by atoms with Crippen molar-refractivity contribution < 1.29 is 4.74 Å². The van der Waals surface area contributed by atoms with Crippen LogP contribution in [0.3, 0.4) is 0 Å². The lowest BCUT2D eigenvalue weighted by molar-refractivity contribution is 0.00267. The Morgan fingerprint density at radius 2 is 1.96 bits per heavy atom. The minimum atomic E-state index is -0.0410. The van der Waals surface area contributed by atoms with Gasteiger partial charge < -0.3 is 9.64 Å². The third-order valence-electron chi connectivity index (χ3n) is 5.39. The van der Waals surface area contributed by atoms with Gasteiger partial charge in [-0.05, 0) is 30.9 Å². The minimum Gasteiger partial charge on any atom is -0.374 e. The van der Waals surface area contributed by atoms with E-state index in [0.29, 0.717) is 18.2 Å². The van der Waals surface area contributed by atoms with Crippen molar-refractivity contribution in [3.05, 3.63) is 40.9 Å². The van der Waals surface area contributed by atoms with E-state index < -0.39 is 0 Å². The number of nitrogens with zero attached hydrogens (tertiary/aromatic N) is 4. The maximum atomic E-state index is 12.5. The van der Waals surface area contributed by atoms with Crippen molar-refractivity contribution in [2.45, 2.75) is 31.8 Å². The van der Waals surface area contributed by atoms with Gasteiger partial charge in [0.25, 0.3) is 5.56 Å². The molecule has 2 aliphatic rings. The van der Waals surface area contributed by atoms with Crippen LogP contribution in [-0.2, 0) is 11.8 Å². The van der Waals surface area contributed by atoms with E-state index in [4.69, 9.17) is 9.72 Å². The van der Waals surface area contributed by atoms with E-state index in [-0.39, 0.29) is 11.7 Å². The SMILES string of the molecule is Cn1c(N2CCOC(C3CCCC3)C2)nc(-c2ccncc2)cc1=O. The molecular formula is C19H24N4O2. The molecule has 1 saturated heterocycles. The van der Waals surface area contributed by atoms with Crippen molar-refractivity contribution >= 4 is 5.95 Å². The van der Waals surface area contributed by atoms with Crippen LogP contribution in [-0.4, -0.2) is 40.3 Å². The maximum Gasteiger partial charge on any atom is 0.255 e. The Bertz CT molecular complexity index is 784. The summed E-state index contributed by atoms with van der Waals surface area (Å²) in [5, 5.41) is 0. The fourth-order valence-corrected chi connectivity index (χ4v) is 3.95. The largest absolute Gasteiger partial charge is 0.374 e. The van der Waals surface area contributed by atoms with Crippen molar-refractivity contribution in [3.63, 3.8) is 0 Å². The van der Waals surface area contributed by atoms with Gasteiger partial charge in [-0.3, -0.25) is 14.3 Å². The number of ether oxygens (including phenoxy) is 1. The van der Waals surface area contributed by atoms with Crippen LogP contribution in [0.25, 0.3) is 11.3 Å². The molecule has 1 unspecified atom stereocenters.